The summed E-state index contributed by atoms with van der Waals surface area (Å²) in [7, 11) is 3.22. The van der Waals surface area contributed by atoms with Gasteiger partial charge < -0.3 is 10.5 Å². The van der Waals surface area contributed by atoms with Crippen LogP contribution in [-0.2, 0) is 16.6 Å². The molecular weight excluding hydrogens is 238 g/mol. The summed E-state index contributed by atoms with van der Waals surface area (Å²) in [5.74, 6) is -0.379. The van der Waals surface area contributed by atoms with Crippen LogP contribution in [0.25, 0.3) is 0 Å². The minimum Gasteiger partial charge on any atom is -0.468 e. The second-order valence-corrected chi connectivity index (χ2v) is 5.90. The van der Waals surface area contributed by atoms with Crippen molar-refractivity contribution >= 4 is 17.7 Å². The molecule has 0 spiro atoms. The Morgan fingerprint density at radius 3 is 2.88 bits per heavy atom. The van der Waals surface area contributed by atoms with Gasteiger partial charge in [0.15, 0.2) is 0 Å². The predicted octanol–water partition coefficient (Wildman–Crippen LogP) is 1.18. The van der Waals surface area contributed by atoms with Gasteiger partial charge in [0.2, 0.25) is 0 Å². The lowest BCUT2D eigenvalue weighted by molar-refractivity contribution is -0.146. The number of ether oxygens (including phenoxy) is 1. The van der Waals surface area contributed by atoms with Gasteiger partial charge in [-0.2, -0.15) is 5.10 Å². The summed E-state index contributed by atoms with van der Waals surface area (Å²) in [6.07, 6.45) is 4.29. The molecule has 0 saturated carbocycles. The lowest BCUT2D eigenvalue weighted by atomic mass is 9.98. The van der Waals surface area contributed by atoms with E-state index in [-0.39, 0.29) is 11.2 Å². The number of thioether (sulfide) groups is 1. The molecular formula is C11H19N3O2S. The van der Waals surface area contributed by atoms with E-state index < -0.39 is 5.54 Å². The molecule has 1 heterocycles. The number of methoxy groups -OCH3 is 1. The fourth-order valence-corrected chi connectivity index (χ4v) is 2.86. The van der Waals surface area contributed by atoms with Gasteiger partial charge in [0.25, 0.3) is 0 Å². The summed E-state index contributed by atoms with van der Waals surface area (Å²) in [4.78, 5) is 12.5. The average Bonchev–Trinajstić information content (AvgIpc) is 2.61. The van der Waals surface area contributed by atoms with E-state index in [9.17, 15) is 4.79 Å². The molecule has 0 aliphatic carbocycles. The Kier molecular flexibility index (Phi) is 4.59. The first-order valence-electron chi connectivity index (χ1n) is 5.38. The molecule has 0 bridgehead atoms. The molecule has 0 aliphatic heterocycles. The molecule has 6 heteroatoms. The van der Waals surface area contributed by atoms with Gasteiger partial charge in [-0.05, 0) is 13.3 Å². The fraction of sp³-hybridized carbons (Fsp3) is 0.636. The van der Waals surface area contributed by atoms with Gasteiger partial charge >= 0.3 is 5.97 Å². The summed E-state index contributed by atoms with van der Waals surface area (Å²) in [6, 6.07) is 0. The third kappa shape index (κ3) is 4.05. The van der Waals surface area contributed by atoms with Crippen LogP contribution < -0.4 is 5.73 Å². The van der Waals surface area contributed by atoms with Gasteiger partial charge in [0.05, 0.1) is 13.3 Å². The maximum absolute atomic E-state index is 11.5. The monoisotopic (exact) mass is 257 g/mol. The molecule has 1 aromatic rings. The minimum atomic E-state index is -0.941. The first kappa shape index (κ1) is 14.1. The van der Waals surface area contributed by atoms with E-state index in [0.29, 0.717) is 6.42 Å². The number of carbonyl (C=O) groups excluding carboxylic acids is 1. The van der Waals surface area contributed by atoms with Gasteiger partial charge in [-0.1, -0.05) is 6.92 Å². The molecule has 0 radical (unpaired) electrons. The van der Waals surface area contributed by atoms with Crippen LogP contribution in [0, 0.1) is 0 Å². The van der Waals surface area contributed by atoms with Gasteiger partial charge in [0.1, 0.15) is 5.54 Å². The van der Waals surface area contributed by atoms with Gasteiger partial charge in [0, 0.05) is 23.4 Å². The van der Waals surface area contributed by atoms with Gasteiger partial charge in [-0.15, -0.1) is 11.8 Å². The molecule has 0 aromatic carbocycles. The van der Waals surface area contributed by atoms with Crippen molar-refractivity contribution in [2.24, 2.45) is 12.8 Å². The van der Waals surface area contributed by atoms with E-state index in [2.05, 4.69) is 9.84 Å². The molecule has 0 saturated heterocycles. The van der Waals surface area contributed by atoms with Crippen LogP contribution in [0.15, 0.2) is 17.3 Å². The number of aryl methyl sites for hydroxylation is 1. The van der Waals surface area contributed by atoms with Crippen LogP contribution >= 0.6 is 11.8 Å². The highest BCUT2D eigenvalue weighted by molar-refractivity contribution is 7.99. The maximum atomic E-state index is 11.5. The Morgan fingerprint density at radius 1 is 1.76 bits per heavy atom. The molecule has 0 aliphatic rings. The number of nitrogens with two attached hydrogens (primary N) is 1. The number of aromatic nitrogens is 2. The smallest absolute Gasteiger partial charge is 0.325 e. The van der Waals surface area contributed by atoms with Crippen molar-refractivity contribution in [2.45, 2.75) is 36.0 Å². The molecule has 2 N–H and O–H groups in total. The highest BCUT2D eigenvalue weighted by atomic mass is 32.2. The maximum Gasteiger partial charge on any atom is 0.325 e. The SMILES string of the molecule is COC(=O)C(C)(N)CC(C)Sc1cnn(C)c1. The zero-order valence-electron chi connectivity index (χ0n) is 10.6. The summed E-state index contributed by atoms with van der Waals surface area (Å²) in [5.41, 5.74) is 4.98. The first-order chi connectivity index (χ1) is 7.85. The van der Waals surface area contributed by atoms with Crippen molar-refractivity contribution in [1.82, 2.24) is 9.78 Å². The third-order valence-electron chi connectivity index (χ3n) is 2.38. The summed E-state index contributed by atoms with van der Waals surface area (Å²) in [5, 5.41) is 4.31. The van der Waals surface area contributed by atoms with Crippen molar-refractivity contribution in [3.8, 4) is 0 Å². The van der Waals surface area contributed by atoms with Crippen molar-refractivity contribution in [3.63, 3.8) is 0 Å². The molecule has 0 amide bonds. The average molecular weight is 257 g/mol. The Morgan fingerprint density at radius 2 is 2.41 bits per heavy atom. The molecule has 2 unspecified atom stereocenters. The zero-order chi connectivity index (χ0) is 13.1. The number of hydrogen-bond acceptors (Lipinski definition) is 5. The highest BCUT2D eigenvalue weighted by Gasteiger charge is 2.31. The Hall–Kier alpha value is -1.01. The minimum absolute atomic E-state index is 0.216. The lowest BCUT2D eigenvalue weighted by Crippen LogP contribution is -2.47. The second-order valence-electron chi connectivity index (χ2n) is 4.39. The quantitative estimate of drug-likeness (QED) is 0.633. The van der Waals surface area contributed by atoms with Gasteiger partial charge in [-0.25, -0.2) is 0 Å². The van der Waals surface area contributed by atoms with Crippen LogP contribution in [0.5, 0.6) is 0 Å². The van der Waals surface area contributed by atoms with Crippen LogP contribution in [0.1, 0.15) is 20.3 Å². The van der Waals surface area contributed by atoms with Crippen molar-refractivity contribution in [2.75, 3.05) is 7.11 Å². The van der Waals surface area contributed by atoms with E-state index in [1.54, 1.807) is 29.6 Å². The molecule has 1 aromatic heterocycles. The van der Waals surface area contributed by atoms with Crippen LogP contribution in [0.2, 0.25) is 0 Å². The van der Waals surface area contributed by atoms with Crippen LogP contribution in [-0.4, -0.2) is 33.6 Å². The Bertz CT molecular complexity index is 390. The Balaban J connectivity index is 2.54. The second kappa shape index (κ2) is 5.55. The first-order valence-corrected chi connectivity index (χ1v) is 6.25. The van der Waals surface area contributed by atoms with Crippen LogP contribution in [0.3, 0.4) is 0 Å². The molecule has 1 rings (SSSR count). The number of nitrogens with zero attached hydrogens (tertiary/aromatic N) is 2. The van der Waals surface area contributed by atoms with Crippen molar-refractivity contribution in [1.29, 1.82) is 0 Å². The standard InChI is InChI=1S/C11H19N3O2S/c1-8(5-11(2,12)10(15)16-4)17-9-6-13-14(3)7-9/h6-8H,5,12H2,1-4H3. The largest absolute Gasteiger partial charge is 0.468 e. The normalized spacial score (nSPS) is 16.3. The molecule has 17 heavy (non-hydrogen) atoms. The zero-order valence-corrected chi connectivity index (χ0v) is 11.5. The number of hydrogen-bond donors (Lipinski definition) is 1. The third-order valence-corrected chi connectivity index (χ3v) is 3.43. The van der Waals surface area contributed by atoms with E-state index in [4.69, 9.17) is 5.73 Å². The van der Waals surface area contributed by atoms with Crippen molar-refractivity contribution < 1.29 is 9.53 Å². The number of carbonyl (C=O) groups is 1. The predicted molar refractivity (Wildman–Crippen MR) is 67.8 cm³/mol. The highest BCUT2D eigenvalue weighted by Crippen LogP contribution is 2.27. The lowest BCUT2D eigenvalue weighted by Gasteiger charge is -2.24. The summed E-state index contributed by atoms with van der Waals surface area (Å²) < 4.78 is 6.43. The molecule has 96 valence electrons. The fourth-order valence-electron chi connectivity index (χ4n) is 1.65. The molecule has 5 nitrogen and oxygen atoms in total. The topological polar surface area (TPSA) is 70.1 Å². The van der Waals surface area contributed by atoms with Gasteiger partial charge in [-0.3, -0.25) is 9.48 Å². The van der Waals surface area contributed by atoms with E-state index in [1.165, 1.54) is 7.11 Å². The van der Waals surface area contributed by atoms with E-state index >= 15 is 0 Å². The Labute approximate surface area is 106 Å². The van der Waals surface area contributed by atoms with Crippen LogP contribution in [0.4, 0.5) is 0 Å². The summed E-state index contributed by atoms with van der Waals surface area (Å²) >= 11 is 1.65. The summed E-state index contributed by atoms with van der Waals surface area (Å²) in [6.45, 7) is 3.73. The van der Waals surface area contributed by atoms with Crippen molar-refractivity contribution in [3.05, 3.63) is 12.4 Å². The number of esters is 1. The van der Waals surface area contributed by atoms with E-state index in [0.717, 1.165) is 4.90 Å². The molecule has 2 atom stereocenters. The van der Waals surface area contributed by atoms with E-state index in [1.807, 2.05) is 20.2 Å². The number of rotatable bonds is 5. The molecule has 0 fully saturated rings.